The van der Waals surface area contributed by atoms with Crippen molar-refractivity contribution in [1.82, 2.24) is 25.4 Å². The molecule has 0 unspecified atom stereocenters. The molecule has 1 aromatic carbocycles. The van der Waals surface area contributed by atoms with Crippen LogP contribution in [-0.4, -0.2) is 45.2 Å². The zero-order valence-corrected chi connectivity index (χ0v) is 16.9. The number of carbonyl (C=O) groups is 2. The van der Waals surface area contributed by atoms with E-state index in [4.69, 9.17) is 4.74 Å². The summed E-state index contributed by atoms with van der Waals surface area (Å²) in [5, 5.41) is 9.83. The molecule has 1 aromatic heterocycles. The molecular weight excluding hydrogens is 370 g/mol. The fourth-order valence-corrected chi connectivity index (χ4v) is 3.22. The Balaban J connectivity index is 1.43. The number of hydrogen-bond donors (Lipinski definition) is 2. The first-order valence-electron chi connectivity index (χ1n) is 9.84. The maximum Gasteiger partial charge on any atom is 0.407 e. The predicted molar refractivity (Wildman–Crippen MR) is 108 cm³/mol. The second kappa shape index (κ2) is 9.86. The molecule has 154 valence electrons. The van der Waals surface area contributed by atoms with E-state index in [9.17, 15) is 9.59 Å². The number of aromatic amines is 1. The highest BCUT2D eigenvalue weighted by Crippen LogP contribution is 2.26. The average molecular weight is 397 g/mol. The quantitative estimate of drug-likeness (QED) is 0.730. The lowest BCUT2D eigenvalue weighted by Gasteiger charge is -2.31. The molecule has 1 saturated heterocycles. The molecule has 0 saturated carbocycles. The zero-order valence-electron chi connectivity index (χ0n) is 16.9. The van der Waals surface area contributed by atoms with E-state index in [2.05, 4.69) is 20.5 Å². The van der Waals surface area contributed by atoms with E-state index in [1.807, 2.05) is 55.2 Å². The molecule has 0 atom stereocenters. The third kappa shape index (κ3) is 5.66. The highest BCUT2D eigenvalue weighted by atomic mass is 16.5. The van der Waals surface area contributed by atoms with E-state index in [1.54, 1.807) is 0 Å². The van der Waals surface area contributed by atoms with Crippen LogP contribution >= 0.6 is 0 Å². The molecule has 1 aliphatic heterocycles. The highest BCUT2D eigenvalue weighted by molar-refractivity contribution is 5.92. The molecule has 2 N–H and O–H groups in total. The van der Waals surface area contributed by atoms with Gasteiger partial charge >= 0.3 is 6.09 Å². The van der Waals surface area contributed by atoms with Gasteiger partial charge in [0.25, 0.3) is 0 Å². The second-order valence-electron chi connectivity index (χ2n) is 7.09. The molecule has 0 radical (unpaired) electrons. The molecule has 8 heteroatoms. The fraction of sp³-hybridized carbons (Fsp3) is 0.429. The van der Waals surface area contributed by atoms with Gasteiger partial charge in [-0.25, -0.2) is 9.78 Å². The normalized spacial score (nSPS) is 15.2. The summed E-state index contributed by atoms with van der Waals surface area (Å²) in [7, 11) is 0. The van der Waals surface area contributed by atoms with Crippen LogP contribution in [0.4, 0.5) is 4.79 Å². The van der Waals surface area contributed by atoms with Gasteiger partial charge in [0.2, 0.25) is 5.91 Å². The number of piperidine rings is 1. The number of nitrogens with zero attached hydrogens (tertiary/aromatic N) is 3. The fourth-order valence-electron chi connectivity index (χ4n) is 3.22. The Morgan fingerprint density at radius 1 is 1.28 bits per heavy atom. The summed E-state index contributed by atoms with van der Waals surface area (Å²) < 4.78 is 5.18. The number of alkyl carbamates (subject to hydrolysis) is 1. The van der Waals surface area contributed by atoms with E-state index >= 15 is 0 Å². The number of amides is 2. The average Bonchev–Trinajstić information content (AvgIpc) is 3.25. The van der Waals surface area contributed by atoms with Crippen molar-refractivity contribution >= 4 is 12.0 Å². The number of ether oxygens (including phenoxy) is 1. The molecule has 2 aromatic rings. The van der Waals surface area contributed by atoms with Gasteiger partial charge in [-0.05, 0) is 32.3 Å². The van der Waals surface area contributed by atoms with Crippen molar-refractivity contribution in [2.24, 2.45) is 0 Å². The molecule has 0 aliphatic carbocycles. The van der Waals surface area contributed by atoms with Gasteiger partial charge in [0.05, 0.1) is 6.54 Å². The molecule has 29 heavy (non-hydrogen) atoms. The summed E-state index contributed by atoms with van der Waals surface area (Å²) in [5.74, 6) is 1.62. The van der Waals surface area contributed by atoms with Gasteiger partial charge in [-0.15, -0.1) is 0 Å². The first kappa shape index (κ1) is 20.6. The molecule has 1 aliphatic rings. The predicted octanol–water partition coefficient (Wildman–Crippen LogP) is 2.90. The van der Waals surface area contributed by atoms with E-state index in [0.717, 1.165) is 29.8 Å². The maximum atomic E-state index is 12.2. The number of benzene rings is 1. The molecular formula is C21H27N5O3. The van der Waals surface area contributed by atoms with Gasteiger partial charge in [-0.3, -0.25) is 9.89 Å². The first-order valence-corrected chi connectivity index (χ1v) is 9.84. The molecule has 0 spiro atoms. The Kier molecular flexibility index (Phi) is 6.99. The van der Waals surface area contributed by atoms with E-state index in [-0.39, 0.29) is 25.0 Å². The van der Waals surface area contributed by atoms with Crippen LogP contribution in [0.3, 0.4) is 0 Å². The molecule has 8 nitrogen and oxygen atoms in total. The van der Waals surface area contributed by atoms with E-state index in [1.165, 1.54) is 0 Å². The summed E-state index contributed by atoms with van der Waals surface area (Å²) in [6, 6.07) is 9.50. The van der Waals surface area contributed by atoms with Crippen LogP contribution in [-0.2, 0) is 22.7 Å². The number of likely N-dealkylation sites (tertiary alicyclic amines) is 1. The Morgan fingerprint density at radius 3 is 2.69 bits per heavy atom. The van der Waals surface area contributed by atoms with Gasteiger partial charge in [0.15, 0.2) is 5.82 Å². The molecule has 1 fully saturated rings. The Bertz CT molecular complexity index is 854. The van der Waals surface area contributed by atoms with Gasteiger partial charge in [-0.2, -0.15) is 5.10 Å². The van der Waals surface area contributed by atoms with Crippen LogP contribution in [0.15, 0.2) is 42.0 Å². The second-order valence-corrected chi connectivity index (χ2v) is 7.09. The van der Waals surface area contributed by atoms with Crippen molar-refractivity contribution in [2.45, 2.75) is 45.8 Å². The number of allylic oxidation sites excluding steroid dienone is 1. The van der Waals surface area contributed by atoms with Crippen LogP contribution in [0.1, 0.15) is 49.8 Å². The zero-order chi connectivity index (χ0) is 20.6. The van der Waals surface area contributed by atoms with Gasteiger partial charge in [0, 0.05) is 24.6 Å². The number of carbonyl (C=O) groups excluding carboxylic acids is 2. The molecule has 2 heterocycles. The van der Waals surface area contributed by atoms with Gasteiger partial charge in [-0.1, -0.05) is 36.4 Å². The monoisotopic (exact) mass is 397 g/mol. The SMILES string of the molecule is C/C=C(\C)C(=O)N1CCC(c2n[nH]c(CNC(=O)OCc3ccccc3)n2)CC1. The Hall–Kier alpha value is -3.16. The number of H-pyrrole nitrogens is 1. The molecule has 0 bridgehead atoms. The summed E-state index contributed by atoms with van der Waals surface area (Å²) in [5.41, 5.74) is 1.70. The van der Waals surface area contributed by atoms with Crippen molar-refractivity contribution in [2.75, 3.05) is 13.1 Å². The number of hydrogen-bond acceptors (Lipinski definition) is 5. The van der Waals surface area contributed by atoms with Crippen LogP contribution in [0.5, 0.6) is 0 Å². The third-order valence-electron chi connectivity index (χ3n) is 5.08. The van der Waals surface area contributed by atoms with E-state index < -0.39 is 6.09 Å². The van der Waals surface area contributed by atoms with Crippen molar-refractivity contribution < 1.29 is 14.3 Å². The first-order chi connectivity index (χ1) is 14.1. The van der Waals surface area contributed by atoms with Crippen LogP contribution in [0, 0.1) is 0 Å². The Morgan fingerprint density at radius 2 is 2.00 bits per heavy atom. The van der Waals surface area contributed by atoms with Crippen molar-refractivity contribution in [3.63, 3.8) is 0 Å². The van der Waals surface area contributed by atoms with E-state index in [0.29, 0.717) is 18.9 Å². The third-order valence-corrected chi connectivity index (χ3v) is 5.08. The summed E-state index contributed by atoms with van der Waals surface area (Å²) in [4.78, 5) is 30.5. The summed E-state index contributed by atoms with van der Waals surface area (Å²) in [6.07, 6.45) is 2.99. The van der Waals surface area contributed by atoms with Crippen LogP contribution < -0.4 is 5.32 Å². The van der Waals surface area contributed by atoms with Gasteiger partial charge < -0.3 is 15.0 Å². The Labute approximate surface area is 170 Å². The van der Waals surface area contributed by atoms with Crippen LogP contribution in [0.2, 0.25) is 0 Å². The molecule has 2 amide bonds. The van der Waals surface area contributed by atoms with Crippen LogP contribution in [0.25, 0.3) is 0 Å². The lowest BCUT2D eigenvalue weighted by molar-refractivity contribution is -0.128. The smallest absolute Gasteiger partial charge is 0.407 e. The largest absolute Gasteiger partial charge is 0.445 e. The summed E-state index contributed by atoms with van der Waals surface area (Å²) >= 11 is 0. The lowest BCUT2D eigenvalue weighted by atomic mass is 9.95. The molecule has 3 rings (SSSR count). The number of nitrogens with one attached hydrogen (secondary N) is 2. The minimum absolute atomic E-state index is 0.0971. The summed E-state index contributed by atoms with van der Waals surface area (Å²) in [6.45, 7) is 5.55. The minimum atomic E-state index is -0.502. The number of rotatable bonds is 6. The lowest BCUT2D eigenvalue weighted by Crippen LogP contribution is -2.38. The van der Waals surface area contributed by atoms with Crippen molar-refractivity contribution in [3.8, 4) is 0 Å². The highest BCUT2D eigenvalue weighted by Gasteiger charge is 2.26. The van der Waals surface area contributed by atoms with Crippen molar-refractivity contribution in [3.05, 3.63) is 59.2 Å². The minimum Gasteiger partial charge on any atom is -0.445 e. The topological polar surface area (TPSA) is 100 Å². The standard InChI is InChI=1S/C21H27N5O3/c1-3-15(2)20(27)26-11-9-17(10-12-26)19-23-18(24-25-19)13-22-21(28)29-14-16-7-5-4-6-8-16/h3-8,17H,9-14H2,1-2H3,(H,22,28)(H,23,24,25)/b15-3+. The van der Waals surface area contributed by atoms with Crippen molar-refractivity contribution in [1.29, 1.82) is 0 Å². The van der Waals surface area contributed by atoms with Gasteiger partial charge in [0.1, 0.15) is 12.4 Å². The number of aromatic nitrogens is 3. The maximum absolute atomic E-state index is 12.2.